The number of carbonyl (C=O) groups is 1. The van der Waals surface area contributed by atoms with Gasteiger partial charge in [0.1, 0.15) is 0 Å². The zero-order valence-electron chi connectivity index (χ0n) is 9.74. The van der Waals surface area contributed by atoms with E-state index in [1.807, 2.05) is 20.8 Å². The Bertz CT molecular complexity index is 219. The van der Waals surface area contributed by atoms with Gasteiger partial charge in [-0.3, -0.25) is 4.79 Å². The SMILES string of the molecule is CCNC(C)(C)C(=O)NCC1(C)CC1. The van der Waals surface area contributed by atoms with Gasteiger partial charge in [-0.05, 0) is 38.6 Å². The molecule has 82 valence electrons. The molecular formula is C11H22N2O. The molecule has 0 aromatic rings. The van der Waals surface area contributed by atoms with Gasteiger partial charge in [-0.2, -0.15) is 0 Å². The molecule has 0 aliphatic heterocycles. The van der Waals surface area contributed by atoms with Gasteiger partial charge in [0.25, 0.3) is 0 Å². The molecule has 1 saturated carbocycles. The fourth-order valence-electron chi connectivity index (χ4n) is 1.43. The molecule has 0 atom stereocenters. The third kappa shape index (κ3) is 2.98. The second-order valence-corrected chi connectivity index (χ2v) is 5.15. The predicted molar refractivity (Wildman–Crippen MR) is 58.1 cm³/mol. The molecular weight excluding hydrogens is 176 g/mol. The maximum Gasteiger partial charge on any atom is 0.239 e. The lowest BCUT2D eigenvalue weighted by Gasteiger charge is -2.25. The van der Waals surface area contributed by atoms with E-state index in [-0.39, 0.29) is 5.91 Å². The molecule has 0 radical (unpaired) electrons. The van der Waals surface area contributed by atoms with Crippen LogP contribution in [0.15, 0.2) is 0 Å². The summed E-state index contributed by atoms with van der Waals surface area (Å²) in [6.07, 6.45) is 2.49. The van der Waals surface area contributed by atoms with Crippen molar-refractivity contribution in [2.45, 2.75) is 46.1 Å². The summed E-state index contributed by atoms with van der Waals surface area (Å²) in [5.74, 6) is 0.104. The molecule has 1 aliphatic carbocycles. The summed E-state index contributed by atoms with van der Waals surface area (Å²) in [6.45, 7) is 9.70. The Morgan fingerprint density at radius 2 is 2.00 bits per heavy atom. The standard InChI is InChI=1S/C11H22N2O/c1-5-13-10(2,3)9(14)12-8-11(4)6-7-11/h13H,5-8H2,1-4H3,(H,12,14). The van der Waals surface area contributed by atoms with Crippen LogP contribution < -0.4 is 10.6 Å². The Hall–Kier alpha value is -0.570. The van der Waals surface area contributed by atoms with E-state index < -0.39 is 5.54 Å². The van der Waals surface area contributed by atoms with Gasteiger partial charge in [0, 0.05) is 6.54 Å². The highest BCUT2D eigenvalue weighted by Crippen LogP contribution is 2.44. The molecule has 3 heteroatoms. The van der Waals surface area contributed by atoms with Crippen molar-refractivity contribution < 1.29 is 4.79 Å². The van der Waals surface area contributed by atoms with Gasteiger partial charge in [-0.15, -0.1) is 0 Å². The van der Waals surface area contributed by atoms with Crippen molar-refractivity contribution in [3.63, 3.8) is 0 Å². The quantitative estimate of drug-likeness (QED) is 0.699. The van der Waals surface area contributed by atoms with Crippen LogP contribution in [0.5, 0.6) is 0 Å². The first kappa shape index (κ1) is 11.5. The van der Waals surface area contributed by atoms with Gasteiger partial charge < -0.3 is 10.6 Å². The normalized spacial score (nSPS) is 19.1. The number of carbonyl (C=O) groups excluding carboxylic acids is 1. The van der Waals surface area contributed by atoms with Crippen LogP contribution in [0, 0.1) is 5.41 Å². The minimum Gasteiger partial charge on any atom is -0.354 e. The average Bonchev–Trinajstić information content (AvgIpc) is 2.80. The molecule has 2 N–H and O–H groups in total. The minimum atomic E-state index is -0.444. The third-order valence-electron chi connectivity index (χ3n) is 2.97. The summed E-state index contributed by atoms with van der Waals surface area (Å²) in [7, 11) is 0. The Morgan fingerprint density at radius 1 is 1.43 bits per heavy atom. The summed E-state index contributed by atoms with van der Waals surface area (Å²) in [5.41, 5.74) is -0.0576. The number of amides is 1. The summed E-state index contributed by atoms with van der Waals surface area (Å²) < 4.78 is 0. The molecule has 1 amide bonds. The Morgan fingerprint density at radius 3 is 2.43 bits per heavy atom. The molecule has 0 spiro atoms. The topological polar surface area (TPSA) is 41.1 Å². The first-order valence-electron chi connectivity index (χ1n) is 5.43. The monoisotopic (exact) mass is 198 g/mol. The Kier molecular flexibility index (Phi) is 3.20. The lowest BCUT2D eigenvalue weighted by Crippen LogP contribution is -2.53. The third-order valence-corrected chi connectivity index (χ3v) is 2.97. The van der Waals surface area contributed by atoms with E-state index in [1.165, 1.54) is 12.8 Å². The van der Waals surface area contributed by atoms with Gasteiger partial charge in [0.05, 0.1) is 5.54 Å². The molecule has 0 bridgehead atoms. The van der Waals surface area contributed by atoms with Crippen LogP contribution in [0.1, 0.15) is 40.5 Å². The summed E-state index contributed by atoms with van der Waals surface area (Å²) in [4.78, 5) is 11.8. The second-order valence-electron chi connectivity index (χ2n) is 5.15. The molecule has 0 aromatic carbocycles. The first-order chi connectivity index (χ1) is 6.40. The number of hydrogen-bond acceptors (Lipinski definition) is 2. The van der Waals surface area contributed by atoms with Crippen LogP contribution in [-0.4, -0.2) is 24.5 Å². The van der Waals surface area contributed by atoms with E-state index in [1.54, 1.807) is 0 Å². The highest BCUT2D eigenvalue weighted by molar-refractivity contribution is 5.85. The van der Waals surface area contributed by atoms with E-state index in [0.717, 1.165) is 13.1 Å². The van der Waals surface area contributed by atoms with Crippen molar-refractivity contribution in [3.05, 3.63) is 0 Å². The second kappa shape index (κ2) is 3.89. The number of rotatable bonds is 5. The summed E-state index contributed by atoms with van der Waals surface area (Å²) in [6, 6.07) is 0. The zero-order chi connectivity index (χ0) is 10.8. The van der Waals surface area contributed by atoms with Gasteiger partial charge >= 0.3 is 0 Å². The van der Waals surface area contributed by atoms with Crippen LogP contribution in [0.3, 0.4) is 0 Å². The van der Waals surface area contributed by atoms with Gasteiger partial charge in [-0.1, -0.05) is 13.8 Å². The largest absolute Gasteiger partial charge is 0.354 e. The van der Waals surface area contributed by atoms with Crippen LogP contribution >= 0.6 is 0 Å². The zero-order valence-corrected chi connectivity index (χ0v) is 9.74. The molecule has 0 saturated heterocycles. The first-order valence-corrected chi connectivity index (χ1v) is 5.43. The Balaban J connectivity index is 2.33. The van der Waals surface area contributed by atoms with E-state index in [2.05, 4.69) is 17.6 Å². The minimum absolute atomic E-state index is 0.104. The molecule has 0 aromatic heterocycles. The van der Waals surface area contributed by atoms with Crippen LogP contribution in [0.4, 0.5) is 0 Å². The fourth-order valence-corrected chi connectivity index (χ4v) is 1.43. The van der Waals surface area contributed by atoms with Crippen molar-refractivity contribution in [2.24, 2.45) is 5.41 Å². The van der Waals surface area contributed by atoms with Crippen molar-refractivity contribution in [1.29, 1.82) is 0 Å². The smallest absolute Gasteiger partial charge is 0.239 e. The van der Waals surface area contributed by atoms with E-state index >= 15 is 0 Å². The Labute approximate surface area is 86.6 Å². The molecule has 1 fully saturated rings. The predicted octanol–water partition coefficient (Wildman–Crippen LogP) is 1.29. The van der Waals surface area contributed by atoms with Crippen LogP contribution in [0.25, 0.3) is 0 Å². The lowest BCUT2D eigenvalue weighted by atomic mass is 10.0. The van der Waals surface area contributed by atoms with Gasteiger partial charge in [0.2, 0.25) is 5.91 Å². The molecule has 1 aliphatic rings. The lowest BCUT2D eigenvalue weighted by molar-refractivity contribution is -0.126. The van der Waals surface area contributed by atoms with Crippen molar-refractivity contribution in [1.82, 2.24) is 10.6 Å². The highest BCUT2D eigenvalue weighted by Gasteiger charge is 2.38. The van der Waals surface area contributed by atoms with Crippen LogP contribution in [-0.2, 0) is 4.79 Å². The summed E-state index contributed by atoms with van der Waals surface area (Å²) in [5, 5.41) is 6.18. The van der Waals surface area contributed by atoms with Gasteiger partial charge in [0.15, 0.2) is 0 Å². The molecule has 14 heavy (non-hydrogen) atoms. The van der Waals surface area contributed by atoms with Crippen molar-refractivity contribution >= 4 is 5.91 Å². The number of likely N-dealkylation sites (N-methyl/N-ethyl adjacent to an activating group) is 1. The van der Waals surface area contributed by atoms with E-state index in [4.69, 9.17) is 0 Å². The van der Waals surface area contributed by atoms with Crippen molar-refractivity contribution in [3.8, 4) is 0 Å². The molecule has 1 rings (SSSR count). The van der Waals surface area contributed by atoms with Crippen LogP contribution in [0.2, 0.25) is 0 Å². The highest BCUT2D eigenvalue weighted by atomic mass is 16.2. The number of hydrogen-bond donors (Lipinski definition) is 2. The average molecular weight is 198 g/mol. The maximum atomic E-state index is 11.8. The van der Waals surface area contributed by atoms with E-state index in [0.29, 0.717) is 5.41 Å². The maximum absolute atomic E-state index is 11.8. The molecule has 0 unspecified atom stereocenters. The summed E-state index contributed by atoms with van der Waals surface area (Å²) >= 11 is 0. The number of nitrogens with one attached hydrogen (secondary N) is 2. The molecule has 0 heterocycles. The fraction of sp³-hybridized carbons (Fsp3) is 0.909. The van der Waals surface area contributed by atoms with Gasteiger partial charge in [-0.25, -0.2) is 0 Å². The van der Waals surface area contributed by atoms with E-state index in [9.17, 15) is 4.79 Å². The van der Waals surface area contributed by atoms with Crippen molar-refractivity contribution in [2.75, 3.05) is 13.1 Å². The molecule has 3 nitrogen and oxygen atoms in total.